The summed E-state index contributed by atoms with van der Waals surface area (Å²) in [6.07, 6.45) is 3.14. The molecule has 0 unspecified atom stereocenters. The topological polar surface area (TPSA) is 55.2 Å². The third-order valence-electron chi connectivity index (χ3n) is 3.79. The number of hydrogen-bond donors (Lipinski definition) is 1. The number of hydrogen-bond acceptors (Lipinski definition) is 3. The van der Waals surface area contributed by atoms with Crippen molar-refractivity contribution in [2.75, 3.05) is 11.9 Å². The van der Waals surface area contributed by atoms with Crippen molar-refractivity contribution in [1.29, 1.82) is 0 Å². The van der Waals surface area contributed by atoms with Crippen LogP contribution in [-0.4, -0.2) is 11.5 Å². The minimum Gasteiger partial charge on any atom is -0.384 e. The highest BCUT2D eigenvalue weighted by atomic mass is 19.3. The van der Waals surface area contributed by atoms with E-state index >= 15 is 0 Å². The summed E-state index contributed by atoms with van der Waals surface area (Å²) < 4.78 is 25.9. The van der Waals surface area contributed by atoms with E-state index in [1.165, 1.54) is 31.4 Å². The van der Waals surface area contributed by atoms with Gasteiger partial charge in [-0.2, -0.15) is 0 Å². The van der Waals surface area contributed by atoms with Crippen LogP contribution in [0.1, 0.15) is 44.1 Å². The molecule has 1 aromatic rings. The van der Waals surface area contributed by atoms with Crippen molar-refractivity contribution in [2.24, 2.45) is 5.92 Å². The van der Waals surface area contributed by atoms with Crippen LogP contribution in [0.2, 0.25) is 0 Å². The normalized spacial score (nSPS) is 16.4. The molecule has 0 aromatic heterocycles. The van der Waals surface area contributed by atoms with Crippen molar-refractivity contribution < 1.29 is 13.7 Å². The van der Waals surface area contributed by atoms with Gasteiger partial charge in [0.15, 0.2) is 0 Å². The van der Waals surface area contributed by atoms with Crippen LogP contribution in [0.25, 0.3) is 0 Å². The highest BCUT2D eigenvalue weighted by Crippen LogP contribution is 2.31. The Morgan fingerprint density at radius 3 is 2.60 bits per heavy atom. The molecule has 0 aliphatic heterocycles. The molecule has 1 aromatic carbocycles. The molecule has 4 nitrogen and oxygen atoms in total. The van der Waals surface area contributed by atoms with Gasteiger partial charge in [0.05, 0.1) is 4.92 Å². The molecular weight excluding hydrogens is 266 g/mol. The Hall–Kier alpha value is -1.72. The van der Waals surface area contributed by atoms with E-state index in [1.807, 2.05) is 0 Å². The first-order chi connectivity index (χ1) is 9.58. The van der Waals surface area contributed by atoms with Crippen LogP contribution in [0.15, 0.2) is 18.2 Å². The molecule has 1 aliphatic rings. The maximum absolute atomic E-state index is 13.0. The van der Waals surface area contributed by atoms with Crippen molar-refractivity contribution in [3.8, 4) is 0 Å². The Balaban J connectivity index is 2.07. The number of benzene rings is 1. The predicted octanol–water partition coefficient (Wildman–Crippen LogP) is 4.52. The zero-order chi connectivity index (χ0) is 14.5. The van der Waals surface area contributed by atoms with Gasteiger partial charge >= 0.3 is 0 Å². The second kappa shape index (κ2) is 6.63. The number of nitrogens with zero attached hydrogens (tertiary/aromatic N) is 1. The molecule has 110 valence electrons. The molecule has 20 heavy (non-hydrogen) atoms. The fourth-order valence-electron chi connectivity index (χ4n) is 2.65. The number of nitro benzene ring substituents is 1. The summed E-state index contributed by atoms with van der Waals surface area (Å²) in [6.45, 7) is 0.650. The molecule has 0 bridgehead atoms. The zero-order valence-corrected chi connectivity index (χ0v) is 11.1. The van der Waals surface area contributed by atoms with Gasteiger partial charge < -0.3 is 5.32 Å². The number of nitro groups is 1. The number of halogens is 2. The van der Waals surface area contributed by atoms with Crippen LogP contribution in [0.3, 0.4) is 0 Å². The average molecular weight is 284 g/mol. The Labute approximate surface area is 116 Å². The Morgan fingerprint density at radius 2 is 2.00 bits per heavy atom. The van der Waals surface area contributed by atoms with Crippen LogP contribution >= 0.6 is 0 Å². The summed E-state index contributed by atoms with van der Waals surface area (Å²) in [4.78, 5) is 9.98. The molecule has 2 rings (SSSR count). The highest BCUT2D eigenvalue weighted by Gasteiger charge is 2.19. The summed E-state index contributed by atoms with van der Waals surface area (Å²) in [5, 5.41) is 13.7. The summed E-state index contributed by atoms with van der Waals surface area (Å²) >= 11 is 0. The van der Waals surface area contributed by atoms with E-state index in [1.54, 1.807) is 0 Å². The van der Waals surface area contributed by atoms with Crippen molar-refractivity contribution in [1.82, 2.24) is 0 Å². The minimum atomic E-state index is -2.72. The third kappa shape index (κ3) is 3.65. The zero-order valence-electron chi connectivity index (χ0n) is 11.1. The van der Waals surface area contributed by atoms with Gasteiger partial charge in [0.2, 0.25) is 0 Å². The Bertz CT molecular complexity index is 474. The number of rotatable bonds is 5. The van der Waals surface area contributed by atoms with Crippen molar-refractivity contribution >= 4 is 11.4 Å². The first-order valence-corrected chi connectivity index (χ1v) is 6.88. The lowest BCUT2D eigenvalue weighted by atomic mass is 9.89. The van der Waals surface area contributed by atoms with Crippen LogP contribution < -0.4 is 5.32 Å². The lowest BCUT2D eigenvalue weighted by molar-refractivity contribution is -0.385. The van der Waals surface area contributed by atoms with Gasteiger partial charge in [0, 0.05) is 29.9 Å². The molecule has 1 fully saturated rings. The first-order valence-electron chi connectivity index (χ1n) is 6.88. The summed E-state index contributed by atoms with van der Waals surface area (Å²) in [5.74, 6) is 0.504. The van der Waals surface area contributed by atoms with Gasteiger partial charge in [-0.15, -0.1) is 0 Å². The van der Waals surface area contributed by atoms with E-state index in [0.717, 1.165) is 18.9 Å². The molecule has 1 aliphatic carbocycles. The molecule has 0 spiro atoms. The summed E-state index contributed by atoms with van der Waals surface area (Å²) in [5.41, 5.74) is -0.297. The van der Waals surface area contributed by atoms with Crippen LogP contribution in [0, 0.1) is 16.0 Å². The smallest absolute Gasteiger partial charge is 0.270 e. The molecule has 0 radical (unpaired) electrons. The fourth-order valence-corrected chi connectivity index (χ4v) is 2.65. The number of nitrogens with one attached hydrogen (secondary N) is 1. The van der Waals surface area contributed by atoms with Gasteiger partial charge in [0.25, 0.3) is 12.1 Å². The molecule has 0 amide bonds. The van der Waals surface area contributed by atoms with Gasteiger partial charge in [-0.3, -0.25) is 10.1 Å². The van der Waals surface area contributed by atoms with Gasteiger partial charge in [-0.1, -0.05) is 19.3 Å². The van der Waals surface area contributed by atoms with Gasteiger partial charge in [-0.05, 0) is 24.8 Å². The lowest BCUT2D eigenvalue weighted by Crippen LogP contribution is -2.17. The average Bonchev–Trinajstić information content (AvgIpc) is 2.45. The van der Waals surface area contributed by atoms with Crippen molar-refractivity contribution in [2.45, 2.75) is 38.5 Å². The van der Waals surface area contributed by atoms with Gasteiger partial charge in [-0.25, -0.2) is 8.78 Å². The Morgan fingerprint density at radius 1 is 1.30 bits per heavy atom. The third-order valence-corrected chi connectivity index (χ3v) is 3.79. The molecule has 0 atom stereocenters. The van der Waals surface area contributed by atoms with E-state index in [0.29, 0.717) is 18.2 Å². The molecule has 0 saturated heterocycles. The number of non-ortho nitro benzene ring substituents is 1. The molecule has 1 saturated carbocycles. The fraction of sp³-hybridized carbons (Fsp3) is 0.571. The largest absolute Gasteiger partial charge is 0.384 e. The lowest BCUT2D eigenvalue weighted by Gasteiger charge is -2.23. The highest BCUT2D eigenvalue weighted by molar-refractivity contribution is 5.56. The standard InChI is InChI=1S/C14H18F2N2O2/c15-14(16)12-8-11(18(19)20)6-7-13(12)17-9-10-4-2-1-3-5-10/h6-8,10,14,17H,1-5,9H2. The summed E-state index contributed by atoms with van der Waals surface area (Å²) in [7, 11) is 0. The predicted molar refractivity (Wildman–Crippen MR) is 73.1 cm³/mol. The van der Waals surface area contributed by atoms with Crippen LogP contribution in [0.4, 0.5) is 20.2 Å². The van der Waals surface area contributed by atoms with Crippen molar-refractivity contribution in [3.63, 3.8) is 0 Å². The van der Waals surface area contributed by atoms with Crippen LogP contribution in [0.5, 0.6) is 0 Å². The van der Waals surface area contributed by atoms with Gasteiger partial charge in [0.1, 0.15) is 0 Å². The molecular formula is C14H18F2N2O2. The molecule has 0 heterocycles. The van der Waals surface area contributed by atoms with E-state index in [-0.39, 0.29) is 11.3 Å². The van der Waals surface area contributed by atoms with E-state index in [9.17, 15) is 18.9 Å². The Kier molecular flexibility index (Phi) is 4.87. The maximum atomic E-state index is 13.0. The van der Waals surface area contributed by atoms with E-state index in [4.69, 9.17) is 0 Å². The van der Waals surface area contributed by atoms with E-state index in [2.05, 4.69) is 5.32 Å². The summed E-state index contributed by atoms with van der Waals surface area (Å²) in [6, 6.07) is 3.59. The van der Waals surface area contributed by atoms with Crippen LogP contribution in [-0.2, 0) is 0 Å². The SMILES string of the molecule is O=[N+]([O-])c1ccc(NCC2CCCCC2)c(C(F)F)c1. The molecule has 6 heteroatoms. The monoisotopic (exact) mass is 284 g/mol. The number of alkyl halides is 2. The second-order valence-electron chi connectivity index (χ2n) is 5.21. The quantitative estimate of drug-likeness (QED) is 0.638. The van der Waals surface area contributed by atoms with Crippen molar-refractivity contribution in [3.05, 3.63) is 33.9 Å². The second-order valence-corrected chi connectivity index (χ2v) is 5.21. The number of anilines is 1. The first kappa shape index (κ1) is 14.7. The maximum Gasteiger partial charge on any atom is 0.270 e. The minimum absolute atomic E-state index is 0.296. The van der Waals surface area contributed by atoms with E-state index < -0.39 is 11.3 Å². The molecule has 1 N–H and O–H groups in total.